The van der Waals surface area contributed by atoms with Crippen LogP contribution in [0.15, 0.2) is 64.6 Å². The van der Waals surface area contributed by atoms with Crippen molar-refractivity contribution in [1.29, 1.82) is 0 Å². The van der Waals surface area contributed by atoms with Gasteiger partial charge in [-0.05, 0) is 67.4 Å². The van der Waals surface area contributed by atoms with Gasteiger partial charge < -0.3 is 23.9 Å². The summed E-state index contributed by atoms with van der Waals surface area (Å²) in [6, 6.07) is 15.2. The Morgan fingerprint density at radius 2 is 1.97 bits per heavy atom. The molecule has 0 radical (unpaired) electrons. The number of furan rings is 1. The van der Waals surface area contributed by atoms with Gasteiger partial charge in [0.15, 0.2) is 0 Å². The maximum Gasteiger partial charge on any atom is 0.296 e. The van der Waals surface area contributed by atoms with Gasteiger partial charge in [-0.1, -0.05) is 12.1 Å². The lowest BCUT2D eigenvalue weighted by Crippen LogP contribution is -2.29. The third-order valence-corrected chi connectivity index (χ3v) is 6.23. The average Bonchev–Trinajstić information content (AvgIpc) is 3.49. The molecule has 2 aromatic carbocycles. The van der Waals surface area contributed by atoms with Crippen LogP contribution in [0.3, 0.4) is 0 Å². The summed E-state index contributed by atoms with van der Waals surface area (Å²) in [6.45, 7) is 3.92. The minimum atomic E-state index is -0.858. The molecule has 0 spiro atoms. The molecule has 2 aliphatic rings. The molecule has 0 aliphatic carbocycles. The fourth-order valence-electron chi connectivity index (χ4n) is 4.63. The zero-order valence-corrected chi connectivity index (χ0v) is 19.2. The van der Waals surface area contributed by atoms with E-state index in [-0.39, 0.29) is 24.0 Å². The number of ether oxygens (including phenoxy) is 2. The number of ketones is 1. The second-order valence-electron chi connectivity index (χ2n) is 8.68. The summed E-state index contributed by atoms with van der Waals surface area (Å²) in [5.41, 5.74) is 2.21. The fraction of sp³-hybridized carbons (Fsp3) is 0.259. The van der Waals surface area contributed by atoms with Gasteiger partial charge in [-0.15, -0.1) is 0 Å². The molecule has 0 bridgehead atoms. The molecule has 1 N–H and O–H groups in total. The van der Waals surface area contributed by atoms with Crippen molar-refractivity contribution in [2.24, 2.45) is 0 Å². The number of benzene rings is 2. The number of carbonyl (C=O) groups is 2. The van der Waals surface area contributed by atoms with Crippen LogP contribution < -0.4 is 9.47 Å². The van der Waals surface area contributed by atoms with E-state index >= 15 is 0 Å². The van der Waals surface area contributed by atoms with Gasteiger partial charge in [0.05, 0.1) is 12.7 Å². The number of amides is 1. The maximum absolute atomic E-state index is 13.2. The Balaban J connectivity index is 1.60. The van der Waals surface area contributed by atoms with E-state index in [0.29, 0.717) is 29.3 Å². The van der Waals surface area contributed by atoms with Gasteiger partial charge in [0, 0.05) is 18.5 Å². The zero-order valence-electron chi connectivity index (χ0n) is 19.2. The van der Waals surface area contributed by atoms with E-state index in [2.05, 4.69) is 0 Å². The largest absolute Gasteiger partial charge is 0.507 e. The van der Waals surface area contributed by atoms with Crippen molar-refractivity contribution in [3.05, 3.63) is 88.4 Å². The highest BCUT2D eigenvalue weighted by molar-refractivity contribution is 6.46. The molecule has 3 aromatic rings. The third kappa shape index (κ3) is 3.73. The first-order valence-corrected chi connectivity index (χ1v) is 11.1. The Morgan fingerprint density at radius 3 is 2.71 bits per heavy atom. The highest BCUT2D eigenvalue weighted by atomic mass is 16.5. The molecule has 1 aromatic heterocycles. The molecule has 1 fully saturated rings. The normalized spacial score (nSPS) is 21.0. The molecule has 7 heteroatoms. The number of methoxy groups -OCH3 is 1. The van der Waals surface area contributed by atoms with Crippen molar-refractivity contribution in [3.8, 4) is 11.5 Å². The summed E-state index contributed by atoms with van der Waals surface area (Å²) < 4.78 is 16.9. The molecule has 34 heavy (non-hydrogen) atoms. The van der Waals surface area contributed by atoms with Crippen LogP contribution in [0.25, 0.3) is 5.76 Å². The molecular weight excluding hydrogens is 434 g/mol. The van der Waals surface area contributed by atoms with Crippen molar-refractivity contribution in [2.75, 3.05) is 7.11 Å². The van der Waals surface area contributed by atoms with Crippen LogP contribution in [-0.4, -0.2) is 34.9 Å². The second-order valence-corrected chi connectivity index (χ2v) is 8.68. The monoisotopic (exact) mass is 459 g/mol. The molecule has 1 amide bonds. The van der Waals surface area contributed by atoms with E-state index in [0.717, 1.165) is 16.9 Å². The van der Waals surface area contributed by atoms with Crippen LogP contribution in [0, 0.1) is 6.92 Å². The van der Waals surface area contributed by atoms with E-state index in [1.54, 1.807) is 38.3 Å². The first-order valence-electron chi connectivity index (χ1n) is 11.1. The van der Waals surface area contributed by atoms with E-state index in [1.807, 2.05) is 37.3 Å². The van der Waals surface area contributed by atoms with Crippen LogP contribution >= 0.6 is 0 Å². The van der Waals surface area contributed by atoms with Gasteiger partial charge in [0.2, 0.25) is 0 Å². The number of likely N-dealkylation sites (tertiary alicyclic amines) is 1. The number of hydrogen-bond acceptors (Lipinski definition) is 6. The summed E-state index contributed by atoms with van der Waals surface area (Å²) in [4.78, 5) is 27.8. The highest BCUT2D eigenvalue weighted by Gasteiger charge is 2.47. The molecule has 0 saturated carbocycles. The lowest BCUT2D eigenvalue weighted by atomic mass is 9.97. The quantitative estimate of drug-likeness (QED) is 0.342. The Kier molecular flexibility index (Phi) is 5.40. The van der Waals surface area contributed by atoms with Gasteiger partial charge >= 0.3 is 0 Å². The van der Waals surface area contributed by atoms with Crippen molar-refractivity contribution >= 4 is 17.4 Å². The standard InChI is InChI=1S/C27H25NO6/c1-15-7-9-22(33-15)24-23(25(29)18-8-10-21-19(13-18)11-16(2)34-21)26(30)27(31)28(24)14-17-5-4-6-20(12-17)32-3/h4-10,12-13,16,24,29H,11,14H2,1-3H3/b25-23-. The minimum Gasteiger partial charge on any atom is -0.507 e. The van der Waals surface area contributed by atoms with Crippen LogP contribution in [0.5, 0.6) is 11.5 Å². The fourth-order valence-corrected chi connectivity index (χ4v) is 4.63. The number of hydrogen-bond donors (Lipinski definition) is 1. The van der Waals surface area contributed by atoms with Gasteiger partial charge in [-0.3, -0.25) is 9.59 Å². The second kappa shape index (κ2) is 8.41. The van der Waals surface area contributed by atoms with Gasteiger partial charge in [0.25, 0.3) is 11.7 Å². The van der Waals surface area contributed by atoms with E-state index in [1.165, 1.54) is 4.90 Å². The van der Waals surface area contributed by atoms with Gasteiger partial charge in [0.1, 0.15) is 40.9 Å². The number of Topliss-reactive ketones (excluding diaryl/α,β-unsaturated/α-hetero) is 1. The molecule has 5 rings (SSSR count). The molecule has 2 unspecified atom stereocenters. The highest BCUT2D eigenvalue weighted by Crippen LogP contribution is 2.42. The number of aliphatic hydroxyl groups is 1. The van der Waals surface area contributed by atoms with E-state index < -0.39 is 17.7 Å². The molecule has 2 aliphatic heterocycles. The summed E-state index contributed by atoms with van der Waals surface area (Å²) in [5.74, 6) is 0.804. The number of aliphatic hydroxyl groups excluding tert-OH is 1. The van der Waals surface area contributed by atoms with E-state index in [9.17, 15) is 14.7 Å². The number of nitrogens with zero attached hydrogens (tertiary/aromatic N) is 1. The topological polar surface area (TPSA) is 89.2 Å². The smallest absolute Gasteiger partial charge is 0.296 e. The number of carbonyl (C=O) groups excluding carboxylic acids is 2. The first-order chi connectivity index (χ1) is 16.4. The van der Waals surface area contributed by atoms with Crippen LogP contribution in [0.2, 0.25) is 0 Å². The van der Waals surface area contributed by atoms with E-state index in [4.69, 9.17) is 13.9 Å². The zero-order chi connectivity index (χ0) is 24.0. The van der Waals surface area contributed by atoms with Crippen molar-refractivity contribution in [2.45, 2.75) is 39.0 Å². The van der Waals surface area contributed by atoms with Gasteiger partial charge in [-0.2, -0.15) is 0 Å². The summed E-state index contributed by atoms with van der Waals surface area (Å²) in [7, 11) is 1.57. The molecule has 1 saturated heterocycles. The lowest BCUT2D eigenvalue weighted by molar-refractivity contribution is -0.140. The predicted molar refractivity (Wildman–Crippen MR) is 125 cm³/mol. The van der Waals surface area contributed by atoms with Crippen LogP contribution in [-0.2, 0) is 22.6 Å². The number of fused-ring (bicyclic) bond motifs is 1. The summed E-state index contributed by atoms with van der Waals surface area (Å²) in [6.07, 6.45) is 0.758. The lowest BCUT2D eigenvalue weighted by Gasteiger charge is -2.23. The Morgan fingerprint density at radius 1 is 1.15 bits per heavy atom. The van der Waals surface area contributed by atoms with Crippen LogP contribution in [0.1, 0.15) is 41.2 Å². The van der Waals surface area contributed by atoms with Crippen LogP contribution in [0.4, 0.5) is 0 Å². The van der Waals surface area contributed by atoms with Crippen molar-refractivity contribution < 1.29 is 28.6 Å². The molecule has 7 nitrogen and oxygen atoms in total. The minimum absolute atomic E-state index is 0.00848. The van der Waals surface area contributed by atoms with Crippen molar-refractivity contribution in [1.82, 2.24) is 4.90 Å². The SMILES string of the molecule is COc1cccc(CN2C(=O)C(=O)/C(=C(\O)c3ccc4c(c3)CC(C)O4)C2c2ccc(C)o2)c1. The molecule has 174 valence electrons. The Hall–Kier alpha value is -4.00. The summed E-state index contributed by atoms with van der Waals surface area (Å²) in [5, 5.41) is 11.3. The summed E-state index contributed by atoms with van der Waals surface area (Å²) >= 11 is 0. The molecule has 3 heterocycles. The first kappa shape index (κ1) is 21.8. The maximum atomic E-state index is 13.2. The van der Waals surface area contributed by atoms with Gasteiger partial charge in [-0.25, -0.2) is 0 Å². The number of rotatable bonds is 5. The Bertz CT molecular complexity index is 1320. The number of aryl methyl sites for hydroxylation is 1. The third-order valence-electron chi connectivity index (χ3n) is 6.23. The molecular formula is C27H25NO6. The Labute approximate surface area is 197 Å². The predicted octanol–water partition coefficient (Wildman–Crippen LogP) is 4.54. The van der Waals surface area contributed by atoms with Crippen molar-refractivity contribution in [3.63, 3.8) is 0 Å². The average molecular weight is 459 g/mol. The molecule has 2 atom stereocenters.